The molecule has 0 radical (unpaired) electrons. The Labute approximate surface area is 89.5 Å². The third kappa shape index (κ3) is 2.27. The first-order chi connectivity index (χ1) is 7.11. The molecule has 4 heteroatoms. The molecule has 0 saturated carbocycles. The SMILES string of the molecule is COc1ncccc1CN1CC(C)(O)C1. The molecule has 1 aromatic heterocycles. The summed E-state index contributed by atoms with van der Waals surface area (Å²) in [4.78, 5) is 6.30. The maximum atomic E-state index is 9.60. The second-order valence-corrected chi connectivity index (χ2v) is 4.31. The van der Waals surface area contributed by atoms with Crippen molar-refractivity contribution in [3.63, 3.8) is 0 Å². The molecule has 15 heavy (non-hydrogen) atoms. The van der Waals surface area contributed by atoms with Crippen LogP contribution in [0.15, 0.2) is 18.3 Å². The number of hydrogen-bond donors (Lipinski definition) is 1. The summed E-state index contributed by atoms with van der Waals surface area (Å²) in [7, 11) is 1.62. The number of rotatable bonds is 3. The van der Waals surface area contributed by atoms with Crippen molar-refractivity contribution in [2.45, 2.75) is 19.1 Å². The van der Waals surface area contributed by atoms with Crippen LogP contribution in [-0.4, -0.2) is 40.8 Å². The summed E-state index contributed by atoms with van der Waals surface area (Å²) in [6.07, 6.45) is 1.72. The van der Waals surface area contributed by atoms with Gasteiger partial charge in [0.05, 0.1) is 12.7 Å². The Morgan fingerprint density at radius 1 is 1.60 bits per heavy atom. The van der Waals surface area contributed by atoms with Gasteiger partial charge in [-0.05, 0) is 13.0 Å². The second-order valence-electron chi connectivity index (χ2n) is 4.31. The third-order valence-corrected chi connectivity index (χ3v) is 2.57. The van der Waals surface area contributed by atoms with E-state index < -0.39 is 5.60 Å². The van der Waals surface area contributed by atoms with Crippen LogP contribution in [0, 0.1) is 0 Å². The Bertz CT molecular complexity index is 344. The summed E-state index contributed by atoms with van der Waals surface area (Å²) >= 11 is 0. The summed E-state index contributed by atoms with van der Waals surface area (Å²) < 4.78 is 5.17. The number of aliphatic hydroxyl groups is 1. The minimum atomic E-state index is -0.518. The van der Waals surface area contributed by atoms with Gasteiger partial charge in [0.2, 0.25) is 5.88 Å². The lowest BCUT2D eigenvalue weighted by atomic mass is 9.96. The van der Waals surface area contributed by atoms with Crippen molar-refractivity contribution in [2.75, 3.05) is 20.2 Å². The van der Waals surface area contributed by atoms with Crippen molar-refractivity contribution >= 4 is 0 Å². The van der Waals surface area contributed by atoms with Crippen LogP contribution < -0.4 is 4.74 Å². The molecule has 0 aromatic carbocycles. The Hall–Kier alpha value is -1.13. The lowest BCUT2D eigenvalue weighted by Gasteiger charge is -2.44. The van der Waals surface area contributed by atoms with E-state index in [1.807, 2.05) is 19.1 Å². The van der Waals surface area contributed by atoms with Crippen LogP contribution in [0.2, 0.25) is 0 Å². The smallest absolute Gasteiger partial charge is 0.217 e. The van der Waals surface area contributed by atoms with Gasteiger partial charge in [-0.2, -0.15) is 0 Å². The first-order valence-corrected chi connectivity index (χ1v) is 5.03. The first kappa shape index (κ1) is 10.4. The van der Waals surface area contributed by atoms with Crippen molar-refractivity contribution in [3.05, 3.63) is 23.9 Å². The van der Waals surface area contributed by atoms with Crippen molar-refractivity contribution in [2.24, 2.45) is 0 Å². The van der Waals surface area contributed by atoms with Crippen LogP contribution in [0.25, 0.3) is 0 Å². The highest BCUT2D eigenvalue weighted by Crippen LogP contribution is 2.24. The van der Waals surface area contributed by atoms with Crippen molar-refractivity contribution in [1.82, 2.24) is 9.88 Å². The average molecular weight is 208 g/mol. The molecule has 0 unspecified atom stereocenters. The van der Waals surface area contributed by atoms with Gasteiger partial charge < -0.3 is 9.84 Å². The minimum Gasteiger partial charge on any atom is -0.481 e. The number of hydrogen-bond acceptors (Lipinski definition) is 4. The normalized spacial score (nSPS) is 19.7. The predicted molar refractivity (Wildman–Crippen MR) is 56.7 cm³/mol. The summed E-state index contributed by atoms with van der Waals surface area (Å²) in [6.45, 7) is 4.06. The zero-order valence-electron chi connectivity index (χ0n) is 9.10. The highest BCUT2D eigenvalue weighted by molar-refractivity contribution is 5.25. The minimum absolute atomic E-state index is 0.518. The maximum absolute atomic E-state index is 9.60. The Balaban J connectivity index is 2.00. The fourth-order valence-corrected chi connectivity index (χ4v) is 2.00. The monoisotopic (exact) mass is 208 g/mol. The molecule has 1 aliphatic heterocycles. The van der Waals surface area contributed by atoms with E-state index in [4.69, 9.17) is 4.74 Å². The van der Waals surface area contributed by atoms with Crippen molar-refractivity contribution in [3.8, 4) is 5.88 Å². The van der Waals surface area contributed by atoms with Crippen LogP contribution in [0.5, 0.6) is 5.88 Å². The number of ether oxygens (including phenoxy) is 1. The molecule has 0 atom stereocenters. The van der Waals surface area contributed by atoms with Crippen molar-refractivity contribution < 1.29 is 9.84 Å². The fraction of sp³-hybridized carbons (Fsp3) is 0.545. The van der Waals surface area contributed by atoms with Gasteiger partial charge in [-0.15, -0.1) is 0 Å². The van der Waals surface area contributed by atoms with Gasteiger partial charge in [0, 0.05) is 31.4 Å². The van der Waals surface area contributed by atoms with Gasteiger partial charge in [0.25, 0.3) is 0 Å². The molecule has 0 aliphatic carbocycles. The van der Waals surface area contributed by atoms with Crippen LogP contribution >= 0.6 is 0 Å². The van der Waals surface area contributed by atoms with Crippen LogP contribution in [0.4, 0.5) is 0 Å². The number of nitrogens with zero attached hydrogens (tertiary/aromatic N) is 2. The largest absolute Gasteiger partial charge is 0.481 e. The first-order valence-electron chi connectivity index (χ1n) is 5.03. The molecule has 1 N–H and O–H groups in total. The Morgan fingerprint density at radius 3 is 2.93 bits per heavy atom. The van der Waals surface area contributed by atoms with E-state index in [0.717, 1.165) is 12.1 Å². The molecule has 1 fully saturated rings. The zero-order valence-corrected chi connectivity index (χ0v) is 9.10. The Kier molecular flexibility index (Phi) is 2.63. The van der Waals surface area contributed by atoms with Crippen LogP contribution in [-0.2, 0) is 6.54 Å². The second kappa shape index (κ2) is 3.79. The number of methoxy groups -OCH3 is 1. The average Bonchev–Trinajstić information content (AvgIpc) is 2.16. The zero-order chi connectivity index (χ0) is 10.9. The van der Waals surface area contributed by atoms with Gasteiger partial charge in [0.15, 0.2) is 0 Å². The standard InChI is InChI=1S/C11H16N2O2/c1-11(14)7-13(8-11)6-9-4-3-5-12-10(9)15-2/h3-5,14H,6-8H2,1-2H3. The molecule has 1 saturated heterocycles. The maximum Gasteiger partial charge on any atom is 0.217 e. The van der Waals surface area contributed by atoms with E-state index in [2.05, 4.69) is 9.88 Å². The quantitative estimate of drug-likeness (QED) is 0.792. The van der Waals surface area contributed by atoms with Crippen LogP contribution in [0.3, 0.4) is 0 Å². The van der Waals surface area contributed by atoms with Gasteiger partial charge in [-0.25, -0.2) is 4.98 Å². The molecule has 2 rings (SSSR count). The molecule has 1 aromatic rings. The topological polar surface area (TPSA) is 45.6 Å². The number of likely N-dealkylation sites (tertiary alicyclic amines) is 1. The molecule has 0 amide bonds. The molecule has 0 bridgehead atoms. The number of aromatic nitrogens is 1. The highest BCUT2D eigenvalue weighted by atomic mass is 16.5. The van der Waals surface area contributed by atoms with Gasteiger partial charge in [0.1, 0.15) is 0 Å². The van der Waals surface area contributed by atoms with Gasteiger partial charge in [-0.3, -0.25) is 4.90 Å². The van der Waals surface area contributed by atoms with Gasteiger partial charge in [-0.1, -0.05) is 6.07 Å². The molecular weight excluding hydrogens is 192 g/mol. The summed E-state index contributed by atoms with van der Waals surface area (Å²) in [5.74, 6) is 0.670. The van der Waals surface area contributed by atoms with E-state index >= 15 is 0 Å². The van der Waals surface area contributed by atoms with E-state index in [0.29, 0.717) is 19.0 Å². The summed E-state index contributed by atoms with van der Waals surface area (Å²) in [5.41, 5.74) is 0.547. The lowest BCUT2D eigenvalue weighted by Crippen LogP contribution is -2.59. The predicted octanol–water partition coefficient (Wildman–Crippen LogP) is 0.657. The Morgan fingerprint density at radius 2 is 2.33 bits per heavy atom. The number of β-amino-alcohol motifs (C(OH)–C–C–N with tert-alkyl or cyclic N) is 1. The van der Waals surface area contributed by atoms with Gasteiger partial charge >= 0.3 is 0 Å². The molecule has 82 valence electrons. The fourth-order valence-electron chi connectivity index (χ4n) is 2.00. The summed E-state index contributed by atoms with van der Waals surface area (Å²) in [5, 5.41) is 9.60. The third-order valence-electron chi connectivity index (χ3n) is 2.57. The molecule has 1 aliphatic rings. The van der Waals surface area contributed by atoms with Crippen molar-refractivity contribution in [1.29, 1.82) is 0 Å². The van der Waals surface area contributed by atoms with E-state index in [1.54, 1.807) is 13.3 Å². The van der Waals surface area contributed by atoms with Crippen LogP contribution in [0.1, 0.15) is 12.5 Å². The van der Waals surface area contributed by atoms with E-state index in [1.165, 1.54) is 0 Å². The number of pyridine rings is 1. The molecule has 2 heterocycles. The molecular formula is C11H16N2O2. The summed E-state index contributed by atoms with van der Waals surface area (Å²) in [6, 6.07) is 3.90. The lowest BCUT2D eigenvalue weighted by molar-refractivity contribution is -0.0873. The molecule has 4 nitrogen and oxygen atoms in total. The van der Waals surface area contributed by atoms with E-state index in [9.17, 15) is 5.11 Å². The van der Waals surface area contributed by atoms with E-state index in [-0.39, 0.29) is 0 Å². The molecule has 0 spiro atoms. The highest BCUT2D eigenvalue weighted by Gasteiger charge is 2.36.